The number of ketones is 1. The average molecular weight is 239 g/mol. The highest BCUT2D eigenvalue weighted by atomic mass is 16.1. The Morgan fingerprint density at radius 1 is 1.22 bits per heavy atom. The number of allylic oxidation sites excluding steroid dienone is 2. The largest absolute Gasteiger partial charge is 0.341 e. The first kappa shape index (κ1) is 12.4. The molecule has 0 aliphatic rings. The maximum atomic E-state index is 12.4. The number of aromatic nitrogens is 1. The van der Waals surface area contributed by atoms with Crippen molar-refractivity contribution < 1.29 is 4.79 Å². The number of aryl methyl sites for hydroxylation is 1. The Morgan fingerprint density at radius 2 is 1.94 bits per heavy atom. The lowest BCUT2D eigenvalue weighted by molar-refractivity contribution is 0.103. The van der Waals surface area contributed by atoms with E-state index in [1.165, 1.54) is 0 Å². The monoisotopic (exact) mass is 239 g/mol. The minimum Gasteiger partial charge on any atom is -0.341 e. The molecule has 0 unspecified atom stereocenters. The molecule has 1 heterocycles. The van der Waals surface area contributed by atoms with Crippen LogP contribution < -0.4 is 0 Å². The number of rotatable bonds is 4. The molecular weight excluding hydrogens is 222 g/mol. The third kappa shape index (κ3) is 2.59. The highest BCUT2D eigenvalue weighted by molar-refractivity contribution is 6.08. The van der Waals surface area contributed by atoms with Crippen molar-refractivity contribution in [3.63, 3.8) is 0 Å². The molecule has 0 saturated heterocycles. The van der Waals surface area contributed by atoms with Gasteiger partial charge in [-0.05, 0) is 26.0 Å². The minimum atomic E-state index is 0.0736. The van der Waals surface area contributed by atoms with Gasteiger partial charge in [-0.25, -0.2) is 0 Å². The zero-order valence-corrected chi connectivity index (χ0v) is 10.8. The van der Waals surface area contributed by atoms with Gasteiger partial charge in [-0.1, -0.05) is 42.0 Å². The quantitative estimate of drug-likeness (QED) is 0.590. The van der Waals surface area contributed by atoms with Gasteiger partial charge in [-0.15, -0.1) is 0 Å². The normalized spacial score (nSPS) is 11.0. The molecule has 0 amide bonds. The lowest BCUT2D eigenvalue weighted by Crippen LogP contribution is -2.09. The van der Waals surface area contributed by atoms with Crippen molar-refractivity contribution in [1.82, 2.24) is 4.57 Å². The smallest absolute Gasteiger partial charge is 0.209 e. The Bertz CT molecular complexity index is 561. The number of hydrogen-bond donors (Lipinski definition) is 0. The summed E-state index contributed by atoms with van der Waals surface area (Å²) in [7, 11) is 0. The van der Waals surface area contributed by atoms with E-state index < -0.39 is 0 Å². The van der Waals surface area contributed by atoms with Gasteiger partial charge in [-0.3, -0.25) is 4.79 Å². The van der Waals surface area contributed by atoms with Crippen LogP contribution in [-0.2, 0) is 6.54 Å². The highest BCUT2D eigenvalue weighted by Crippen LogP contribution is 2.12. The minimum absolute atomic E-state index is 0.0736. The van der Waals surface area contributed by atoms with Crippen molar-refractivity contribution in [2.24, 2.45) is 0 Å². The number of benzene rings is 1. The molecule has 0 saturated carbocycles. The predicted octanol–water partition coefficient (Wildman–Crippen LogP) is 3.60. The van der Waals surface area contributed by atoms with Gasteiger partial charge in [-0.2, -0.15) is 0 Å². The van der Waals surface area contributed by atoms with Gasteiger partial charge >= 0.3 is 0 Å². The third-order valence-electron chi connectivity index (χ3n) is 2.91. The summed E-state index contributed by atoms with van der Waals surface area (Å²) in [6.45, 7) is 4.73. The summed E-state index contributed by atoms with van der Waals surface area (Å²) in [5, 5.41) is 0. The second-order valence-corrected chi connectivity index (χ2v) is 4.31. The van der Waals surface area contributed by atoms with Crippen molar-refractivity contribution >= 4 is 5.78 Å². The van der Waals surface area contributed by atoms with E-state index in [1.54, 1.807) is 0 Å². The van der Waals surface area contributed by atoms with E-state index in [-0.39, 0.29) is 5.78 Å². The predicted molar refractivity (Wildman–Crippen MR) is 73.9 cm³/mol. The molecule has 0 radical (unpaired) electrons. The summed E-state index contributed by atoms with van der Waals surface area (Å²) in [6.07, 6.45) is 5.95. The van der Waals surface area contributed by atoms with Crippen molar-refractivity contribution in [2.75, 3.05) is 0 Å². The van der Waals surface area contributed by atoms with Crippen LogP contribution in [-0.4, -0.2) is 10.4 Å². The maximum absolute atomic E-state index is 12.4. The summed E-state index contributed by atoms with van der Waals surface area (Å²) >= 11 is 0. The van der Waals surface area contributed by atoms with Crippen LogP contribution in [0.1, 0.15) is 28.5 Å². The SMILES string of the molecule is C/C=C/Cn1cccc1C(=O)c1ccc(C)cc1. The molecule has 2 aromatic rings. The first-order valence-corrected chi connectivity index (χ1v) is 6.10. The molecule has 0 aliphatic heterocycles. The van der Waals surface area contributed by atoms with Gasteiger partial charge < -0.3 is 4.57 Å². The lowest BCUT2D eigenvalue weighted by atomic mass is 10.1. The summed E-state index contributed by atoms with van der Waals surface area (Å²) in [6, 6.07) is 11.5. The fourth-order valence-corrected chi connectivity index (χ4v) is 1.85. The molecule has 0 spiro atoms. The van der Waals surface area contributed by atoms with Crippen LogP contribution in [0.15, 0.2) is 54.7 Å². The molecular formula is C16H17NO. The van der Waals surface area contributed by atoms with Crippen molar-refractivity contribution in [3.8, 4) is 0 Å². The zero-order valence-electron chi connectivity index (χ0n) is 10.8. The van der Waals surface area contributed by atoms with E-state index in [0.717, 1.165) is 23.4 Å². The molecule has 2 nitrogen and oxygen atoms in total. The van der Waals surface area contributed by atoms with Crippen LogP contribution in [0.2, 0.25) is 0 Å². The second kappa shape index (κ2) is 5.50. The Labute approximate surface area is 108 Å². The van der Waals surface area contributed by atoms with Crippen LogP contribution in [0.3, 0.4) is 0 Å². The summed E-state index contributed by atoms with van der Waals surface area (Å²) in [4.78, 5) is 12.4. The van der Waals surface area contributed by atoms with E-state index in [9.17, 15) is 4.79 Å². The maximum Gasteiger partial charge on any atom is 0.209 e. The van der Waals surface area contributed by atoms with Crippen LogP contribution in [0.25, 0.3) is 0 Å². The molecule has 1 aromatic carbocycles. The fourth-order valence-electron chi connectivity index (χ4n) is 1.85. The van der Waals surface area contributed by atoms with Gasteiger partial charge in [0.2, 0.25) is 5.78 Å². The number of carbonyl (C=O) groups excluding carboxylic acids is 1. The molecule has 18 heavy (non-hydrogen) atoms. The van der Waals surface area contributed by atoms with Crippen LogP contribution in [0, 0.1) is 6.92 Å². The summed E-state index contributed by atoms with van der Waals surface area (Å²) in [5.74, 6) is 0.0736. The molecule has 0 fully saturated rings. The summed E-state index contributed by atoms with van der Waals surface area (Å²) in [5.41, 5.74) is 2.63. The van der Waals surface area contributed by atoms with Crippen LogP contribution in [0.4, 0.5) is 0 Å². The first-order chi connectivity index (χ1) is 8.72. The van der Waals surface area contributed by atoms with Gasteiger partial charge in [0.25, 0.3) is 0 Å². The van der Waals surface area contributed by atoms with E-state index in [1.807, 2.05) is 73.2 Å². The molecule has 0 bridgehead atoms. The first-order valence-electron chi connectivity index (χ1n) is 6.10. The number of hydrogen-bond acceptors (Lipinski definition) is 1. The van der Waals surface area contributed by atoms with Crippen molar-refractivity contribution in [3.05, 3.63) is 71.6 Å². The van der Waals surface area contributed by atoms with E-state index in [2.05, 4.69) is 0 Å². The Kier molecular flexibility index (Phi) is 3.78. The van der Waals surface area contributed by atoms with Gasteiger partial charge in [0.05, 0.1) is 5.69 Å². The Balaban J connectivity index is 2.28. The van der Waals surface area contributed by atoms with E-state index in [0.29, 0.717) is 0 Å². The van der Waals surface area contributed by atoms with Crippen molar-refractivity contribution in [1.29, 1.82) is 0 Å². The Hall–Kier alpha value is -2.09. The fraction of sp³-hybridized carbons (Fsp3) is 0.188. The van der Waals surface area contributed by atoms with Gasteiger partial charge in [0.1, 0.15) is 0 Å². The molecule has 92 valence electrons. The van der Waals surface area contributed by atoms with Gasteiger partial charge in [0, 0.05) is 18.3 Å². The van der Waals surface area contributed by atoms with E-state index >= 15 is 0 Å². The highest BCUT2D eigenvalue weighted by Gasteiger charge is 2.12. The lowest BCUT2D eigenvalue weighted by Gasteiger charge is -2.06. The number of nitrogens with zero attached hydrogens (tertiary/aromatic N) is 1. The summed E-state index contributed by atoms with van der Waals surface area (Å²) < 4.78 is 1.96. The molecule has 2 rings (SSSR count). The molecule has 0 atom stereocenters. The second-order valence-electron chi connectivity index (χ2n) is 4.31. The molecule has 0 aliphatic carbocycles. The van der Waals surface area contributed by atoms with E-state index in [4.69, 9.17) is 0 Å². The zero-order chi connectivity index (χ0) is 13.0. The third-order valence-corrected chi connectivity index (χ3v) is 2.91. The molecule has 0 N–H and O–H groups in total. The Morgan fingerprint density at radius 3 is 2.61 bits per heavy atom. The molecule has 2 heteroatoms. The van der Waals surface area contributed by atoms with Crippen LogP contribution in [0.5, 0.6) is 0 Å². The standard InChI is InChI=1S/C16H17NO/c1-3-4-11-17-12-5-6-15(17)16(18)14-9-7-13(2)8-10-14/h3-10,12H,11H2,1-2H3/b4-3+. The van der Waals surface area contributed by atoms with Crippen LogP contribution >= 0.6 is 0 Å². The van der Waals surface area contributed by atoms with Gasteiger partial charge in [0.15, 0.2) is 0 Å². The van der Waals surface area contributed by atoms with Crippen molar-refractivity contribution in [2.45, 2.75) is 20.4 Å². The number of carbonyl (C=O) groups is 1. The topological polar surface area (TPSA) is 22.0 Å². The average Bonchev–Trinajstić information content (AvgIpc) is 2.84. The molecule has 1 aromatic heterocycles.